The normalized spacial score (nSPS) is 11.5. The van der Waals surface area contributed by atoms with Crippen molar-refractivity contribution in [1.82, 2.24) is 9.36 Å². The first-order valence-electron chi connectivity index (χ1n) is 9.34. The molecule has 0 saturated heterocycles. The number of anilines is 1. The summed E-state index contributed by atoms with van der Waals surface area (Å²) in [6.07, 6.45) is 2.08. The largest absolute Gasteiger partial charge is 0.493 e. The number of nitrogens with one attached hydrogen (secondary N) is 1. The van der Waals surface area contributed by atoms with Crippen molar-refractivity contribution < 1.29 is 31.9 Å². The van der Waals surface area contributed by atoms with Gasteiger partial charge in [0.05, 0.1) is 17.7 Å². The summed E-state index contributed by atoms with van der Waals surface area (Å²) in [5.41, 5.74) is -0.456. The molecule has 0 unspecified atom stereocenters. The van der Waals surface area contributed by atoms with Gasteiger partial charge in [-0.15, -0.1) is 0 Å². The molecule has 1 amide bonds. The summed E-state index contributed by atoms with van der Waals surface area (Å²) in [5.74, 6) is -2.88. The molecule has 0 aliphatic heterocycles. The Morgan fingerprint density at radius 2 is 2.00 bits per heavy atom. The molecule has 0 bridgehead atoms. The van der Waals surface area contributed by atoms with Crippen LogP contribution in [0.1, 0.15) is 15.9 Å². The summed E-state index contributed by atoms with van der Waals surface area (Å²) < 4.78 is 50.9. The average Bonchev–Trinajstić information content (AvgIpc) is 3.28. The molecule has 10 nitrogen and oxygen atoms in total. The fourth-order valence-corrected chi connectivity index (χ4v) is 4.28. The van der Waals surface area contributed by atoms with Gasteiger partial charge in [-0.3, -0.25) is 10.1 Å². The van der Waals surface area contributed by atoms with Gasteiger partial charge < -0.3 is 9.47 Å². The van der Waals surface area contributed by atoms with Crippen LogP contribution >= 0.6 is 23.1 Å². The van der Waals surface area contributed by atoms with E-state index >= 15 is 0 Å². The number of hydrogen-bond acceptors (Lipinski definition) is 10. The zero-order valence-corrected chi connectivity index (χ0v) is 20.3. The van der Waals surface area contributed by atoms with E-state index in [0.29, 0.717) is 11.5 Å². The topological polar surface area (TPSA) is 148 Å². The van der Waals surface area contributed by atoms with Crippen molar-refractivity contribution >= 4 is 56.1 Å². The molecule has 0 radical (unpaired) electrons. The van der Waals surface area contributed by atoms with Crippen LogP contribution in [0.2, 0.25) is 5.02 Å². The lowest BCUT2D eigenvalue weighted by atomic mass is 10.1. The number of ether oxygens (including phenoxy) is 2. The lowest BCUT2D eigenvalue weighted by molar-refractivity contribution is -0.112. The fraction of sp³-hybridized carbons (Fsp3) is 0.0952. The standard InChI is InChI=1S/C21H14ClFN4O6S2/c1-32-16-9-11(8-14(22)17(16)33-19(29)13-5-3-4-6-15(13)23)7-12(10-24)18(28)25-20-26-21(27-34-20)35(2,30)31/h3-9H,1-2H3,(H,25,26,27,28). The van der Waals surface area contributed by atoms with Crippen LogP contribution in [-0.4, -0.2) is 43.0 Å². The van der Waals surface area contributed by atoms with Gasteiger partial charge in [0.15, 0.2) is 11.5 Å². The van der Waals surface area contributed by atoms with Gasteiger partial charge in [0.1, 0.15) is 17.5 Å². The molecule has 0 aliphatic rings. The zero-order valence-electron chi connectivity index (χ0n) is 17.9. The molecule has 3 aromatic rings. The Morgan fingerprint density at radius 1 is 1.29 bits per heavy atom. The first-order chi connectivity index (χ1) is 16.5. The SMILES string of the molecule is COc1cc(C=C(C#N)C(=O)Nc2nc(S(C)(=O)=O)ns2)cc(Cl)c1OC(=O)c1ccccc1F. The number of amides is 1. The van der Waals surface area contributed by atoms with Gasteiger partial charge in [0.2, 0.25) is 15.0 Å². The maximum Gasteiger partial charge on any atom is 0.346 e. The van der Waals surface area contributed by atoms with Crippen LogP contribution < -0.4 is 14.8 Å². The van der Waals surface area contributed by atoms with Crippen LogP contribution in [0.3, 0.4) is 0 Å². The lowest BCUT2D eigenvalue weighted by Crippen LogP contribution is -2.13. The molecule has 2 aromatic carbocycles. The van der Waals surface area contributed by atoms with Crippen molar-refractivity contribution in [2.24, 2.45) is 0 Å². The number of nitriles is 1. The number of hydrogen-bond donors (Lipinski definition) is 1. The van der Waals surface area contributed by atoms with Gasteiger partial charge >= 0.3 is 5.97 Å². The summed E-state index contributed by atoms with van der Waals surface area (Å²) in [5, 5.41) is 11.0. The molecular weight excluding hydrogens is 523 g/mol. The number of esters is 1. The monoisotopic (exact) mass is 536 g/mol. The van der Waals surface area contributed by atoms with Crippen LogP contribution in [0.25, 0.3) is 6.08 Å². The maximum atomic E-state index is 13.9. The van der Waals surface area contributed by atoms with Gasteiger partial charge in [0.25, 0.3) is 11.1 Å². The van der Waals surface area contributed by atoms with Crippen molar-refractivity contribution in [3.05, 3.63) is 63.9 Å². The molecule has 0 atom stereocenters. The predicted octanol–water partition coefficient (Wildman–Crippen LogP) is 3.51. The Hall–Kier alpha value is -3.86. The molecule has 0 fully saturated rings. The second-order valence-corrected chi connectivity index (χ2v) is 9.75. The van der Waals surface area contributed by atoms with Gasteiger partial charge in [0, 0.05) is 17.8 Å². The summed E-state index contributed by atoms with van der Waals surface area (Å²) in [6.45, 7) is 0. The Morgan fingerprint density at radius 3 is 2.60 bits per heavy atom. The van der Waals surface area contributed by atoms with Gasteiger partial charge in [-0.05, 0) is 35.9 Å². The minimum atomic E-state index is -3.67. The highest BCUT2D eigenvalue weighted by atomic mass is 35.5. The second kappa shape index (κ2) is 10.6. The average molecular weight is 537 g/mol. The maximum absolute atomic E-state index is 13.9. The highest BCUT2D eigenvalue weighted by Gasteiger charge is 2.21. The van der Waals surface area contributed by atoms with Gasteiger partial charge in [-0.2, -0.15) is 14.6 Å². The number of methoxy groups -OCH3 is 1. The summed E-state index contributed by atoms with van der Waals surface area (Å²) in [4.78, 5) is 28.5. The Balaban J connectivity index is 1.86. The smallest absolute Gasteiger partial charge is 0.346 e. The molecule has 0 saturated carbocycles. The van der Waals surface area contributed by atoms with Crippen LogP contribution in [0.4, 0.5) is 9.52 Å². The minimum absolute atomic E-state index is 0.0203. The molecular formula is C21H14ClFN4O6S2. The van der Waals surface area contributed by atoms with Crippen molar-refractivity contribution in [1.29, 1.82) is 5.26 Å². The second-order valence-electron chi connectivity index (χ2n) is 6.68. The van der Waals surface area contributed by atoms with E-state index in [2.05, 4.69) is 14.7 Å². The molecule has 180 valence electrons. The highest BCUT2D eigenvalue weighted by Crippen LogP contribution is 2.37. The first-order valence-corrected chi connectivity index (χ1v) is 12.4. The third-order valence-electron chi connectivity index (χ3n) is 4.18. The molecule has 3 rings (SSSR count). The number of carbonyl (C=O) groups is 2. The molecule has 14 heteroatoms. The van der Waals surface area contributed by atoms with E-state index in [9.17, 15) is 27.7 Å². The number of aromatic nitrogens is 2. The van der Waals surface area contributed by atoms with E-state index in [4.69, 9.17) is 21.1 Å². The van der Waals surface area contributed by atoms with E-state index in [1.54, 1.807) is 6.07 Å². The quantitative estimate of drug-likeness (QED) is 0.207. The van der Waals surface area contributed by atoms with E-state index in [1.807, 2.05) is 0 Å². The Labute approximate surface area is 207 Å². The minimum Gasteiger partial charge on any atom is -0.493 e. The summed E-state index contributed by atoms with van der Waals surface area (Å²) >= 11 is 6.86. The van der Waals surface area contributed by atoms with E-state index in [1.165, 1.54) is 43.5 Å². The van der Waals surface area contributed by atoms with E-state index in [-0.39, 0.29) is 38.4 Å². The molecule has 1 aromatic heterocycles. The van der Waals surface area contributed by atoms with Crippen molar-refractivity contribution in [2.45, 2.75) is 5.16 Å². The van der Waals surface area contributed by atoms with Crippen molar-refractivity contribution in [2.75, 3.05) is 18.7 Å². The van der Waals surface area contributed by atoms with Crippen LogP contribution in [0.15, 0.2) is 47.1 Å². The number of carbonyl (C=O) groups excluding carboxylic acids is 2. The number of halogens is 2. The third-order valence-corrected chi connectivity index (χ3v) is 6.05. The van der Waals surface area contributed by atoms with Crippen molar-refractivity contribution in [3.8, 4) is 17.6 Å². The number of sulfone groups is 1. The summed E-state index contributed by atoms with van der Waals surface area (Å²) in [6, 6.07) is 9.57. The van der Waals surface area contributed by atoms with E-state index in [0.717, 1.165) is 12.3 Å². The molecule has 0 aliphatic carbocycles. The van der Waals surface area contributed by atoms with E-state index < -0.39 is 32.7 Å². The Bertz CT molecular complexity index is 1500. The predicted molar refractivity (Wildman–Crippen MR) is 125 cm³/mol. The number of benzene rings is 2. The highest BCUT2D eigenvalue weighted by molar-refractivity contribution is 7.90. The molecule has 1 heterocycles. The molecule has 0 spiro atoms. The van der Waals surface area contributed by atoms with Crippen LogP contribution in [0, 0.1) is 17.1 Å². The lowest BCUT2D eigenvalue weighted by Gasteiger charge is -2.12. The summed E-state index contributed by atoms with van der Waals surface area (Å²) in [7, 11) is -2.40. The number of nitrogens with zero attached hydrogens (tertiary/aromatic N) is 3. The molecule has 1 N–H and O–H groups in total. The van der Waals surface area contributed by atoms with Crippen molar-refractivity contribution in [3.63, 3.8) is 0 Å². The van der Waals surface area contributed by atoms with Crippen LogP contribution in [0.5, 0.6) is 11.5 Å². The third kappa shape index (κ3) is 6.18. The zero-order chi connectivity index (χ0) is 25.8. The molecule has 35 heavy (non-hydrogen) atoms. The fourth-order valence-electron chi connectivity index (χ4n) is 2.59. The Kier molecular flexibility index (Phi) is 7.80. The first kappa shape index (κ1) is 25.8. The number of rotatable bonds is 7. The van der Waals surface area contributed by atoms with Crippen LogP contribution in [-0.2, 0) is 14.6 Å². The van der Waals surface area contributed by atoms with Gasteiger partial charge in [-0.1, -0.05) is 23.7 Å². The van der Waals surface area contributed by atoms with Gasteiger partial charge in [-0.25, -0.2) is 17.6 Å².